The Kier molecular flexibility index (Phi) is 3.44. The second kappa shape index (κ2) is 4.67. The largest absolute Gasteiger partial charge is 0.126 e. The highest BCUT2D eigenvalue weighted by Crippen LogP contribution is 2.49. The van der Waals surface area contributed by atoms with Gasteiger partial charge in [-0.25, -0.2) is 0 Å². The Hall–Kier alpha value is -0.690. The lowest BCUT2D eigenvalue weighted by atomic mass is 9.86. The Morgan fingerprint density at radius 2 is 1.94 bits per heavy atom. The average molecular weight is 232 g/mol. The minimum Gasteiger partial charge on any atom is -0.126 e. The normalized spacial score (nSPS) is 19.4. The predicted molar refractivity (Wildman–Crippen MR) is 74.7 cm³/mol. The van der Waals surface area contributed by atoms with Crippen LogP contribution >= 0.6 is 11.8 Å². The zero-order valence-electron chi connectivity index (χ0n) is 10.6. The molecule has 1 unspecified atom stereocenters. The first-order valence-corrected chi connectivity index (χ1v) is 7.08. The van der Waals surface area contributed by atoms with Crippen LogP contribution in [-0.4, -0.2) is 5.75 Å². The maximum absolute atomic E-state index is 2.32. The molecule has 1 heteroatoms. The van der Waals surface area contributed by atoms with Crippen molar-refractivity contribution in [2.75, 3.05) is 5.75 Å². The molecule has 1 aliphatic carbocycles. The van der Waals surface area contributed by atoms with Gasteiger partial charge in [0.15, 0.2) is 0 Å². The van der Waals surface area contributed by atoms with E-state index in [4.69, 9.17) is 0 Å². The number of fused-ring (bicyclic) bond motifs is 1. The Bertz CT molecular complexity index is 415. The predicted octanol–water partition coefficient (Wildman–Crippen LogP) is 4.92. The van der Waals surface area contributed by atoms with Gasteiger partial charge in [0.1, 0.15) is 0 Å². The molecule has 0 heterocycles. The van der Waals surface area contributed by atoms with E-state index in [0.29, 0.717) is 11.8 Å². The van der Waals surface area contributed by atoms with Crippen molar-refractivity contribution in [3.8, 4) is 0 Å². The summed E-state index contributed by atoms with van der Waals surface area (Å²) in [5.74, 6) is 2.48. The van der Waals surface area contributed by atoms with Crippen LogP contribution < -0.4 is 0 Å². The molecule has 0 nitrogen and oxygen atoms in total. The molecule has 1 aromatic carbocycles. The Morgan fingerprint density at radius 1 is 1.25 bits per heavy atom. The van der Waals surface area contributed by atoms with Crippen molar-refractivity contribution in [3.63, 3.8) is 0 Å². The maximum atomic E-state index is 2.32. The second-order valence-corrected chi connectivity index (χ2v) is 6.03. The van der Waals surface area contributed by atoms with Crippen LogP contribution in [0.25, 0.3) is 4.91 Å². The van der Waals surface area contributed by atoms with E-state index in [1.807, 2.05) is 11.8 Å². The van der Waals surface area contributed by atoms with Gasteiger partial charge in [0.25, 0.3) is 0 Å². The van der Waals surface area contributed by atoms with Crippen molar-refractivity contribution in [1.29, 1.82) is 0 Å². The molecule has 0 aliphatic heterocycles. The Labute approximate surface area is 103 Å². The summed E-state index contributed by atoms with van der Waals surface area (Å²) < 4.78 is 0. The molecular formula is C15H20S. The summed E-state index contributed by atoms with van der Waals surface area (Å²) in [6.07, 6.45) is 0. The van der Waals surface area contributed by atoms with Crippen molar-refractivity contribution in [2.45, 2.75) is 33.6 Å². The third-order valence-corrected chi connectivity index (χ3v) is 4.44. The fraction of sp³-hybridized carbons (Fsp3) is 0.467. The zero-order chi connectivity index (χ0) is 11.7. The molecule has 86 valence electrons. The topological polar surface area (TPSA) is 0 Å². The molecule has 0 bridgehead atoms. The molecule has 1 aliphatic rings. The van der Waals surface area contributed by atoms with Crippen molar-refractivity contribution in [3.05, 3.63) is 41.0 Å². The monoisotopic (exact) mass is 232 g/mol. The van der Waals surface area contributed by atoms with E-state index in [0.717, 1.165) is 5.75 Å². The summed E-state index contributed by atoms with van der Waals surface area (Å²) in [7, 11) is 0. The van der Waals surface area contributed by atoms with Gasteiger partial charge in [-0.1, -0.05) is 50.6 Å². The minimum atomic E-state index is 0.630. The molecule has 1 atom stereocenters. The van der Waals surface area contributed by atoms with Crippen LogP contribution in [0.5, 0.6) is 0 Å². The van der Waals surface area contributed by atoms with Crippen LogP contribution in [0.15, 0.2) is 29.8 Å². The van der Waals surface area contributed by atoms with Crippen LogP contribution in [0.1, 0.15) is 44.7 Å². The summed E-state index contributed by atoms with van der Waals surface area (Å²) in [5.41, 5.74) is 4.58. The number of allylic oxidation sites excluding steroid dienone is 1. The molecule has 1 aromatic rings. The lowest BCUT2D eigenvalue weighted by molar-refractivity contribution is 0.563. The highest BCUT2D eigenvalue weighted by molar-refractivity contribution is 8.08. The number of hydrogen-bond donors (Lipinski definition) is 0. The molecule has 0 aromatic heterocycles. The number of benzene rings is 1. The van der Waals surface area contributed by atoms with E-state index in [1.165, 1.54) is 16.0 Å². The van der Waals surface area contributed by atoms with Gasteiger partial charge in [-0.2, -0.15) is 0 Å². The lowest BCUT2D eigenvalue weighted by Crippen LogP contribution is -2.04. The van der Waals surface area contributed by atoms with Gasteiger partial charge in [-0.15, -0.1) is 11.8 Å². The molecule has 2 rings (SSSR count). The van der Waals surface area contributed by atoms with Gasteiger partial charge in [0.05, 0.1) is 0 Å². The van der Waals surface area contributed by atoms with Crippen LogP contribution in [0.3, 0.4) is 0 Å². The van der Waals surface area contributed by atoms with Crippen LogP contribution in [0.2, 0.25) is 0 Å². The molecule has 0 saturated heterocycles. The maximum Gasteiger partial charge on any atom is 0.0143 e. The van der Waals surface area contributed by atoms with Crippen molar-refractivity contribution in [2.24, 2.45) is 5.92 Å². The smallest absolute Gasteiger partial charge is 0.0143 e. The highest BCUT2D eigenvalue weighted by Gasteiger charge is 2.30. The van der Waals surface area contributed by atoms with Gasteiger partial charge < -0.3 is 0 Å². The highest BCUT2D eigenvalue weighted by atomic mass is 32.2. The van der Waals surface area contributed by atoms with E-state index in [-0.39, 0.29) is 0 Å². The van der Waals surface area contributed by atoms with Crippen LogP contribution in [-0.2, 0) is 0 Å². The van der Waals surface area contributed by atoms with Gasteiger partial charge in [-0.3, -0.25) is 0 Å². The fourth-order valence-corrected chi connectivity index (χ4v) is 3.74. The molecule has 0 N–H and O–H groups in total. The van der Waals surface area contributed by atoms with E-state index in [2.05, 4.69) is 52.0 Å². The number of hydrogen-bond acceptors (Lipinski definition) is 1. The molecule has 0 radical (unpaired) electrons. The van der Waals surface area contributed by atoms with Crippen LogP contribution in [0, 0.1) is 5.92 Å². The van der Waals surface area contributed by atoms with Crippen molar-refractivity contribution < 1.29 is 0 Å². The SMILES string of the molecule is CCSC1=C(C)C(C(C)C)c2ccccc21. The quantitative estimate of drug-likeness (QED) is 0.712. The molecule has 0 spiro atoms. The first-order valence-electron chi connectivity index (χ1n) is 6.09. The molecule has 16 heavy (non-hydrogen) atoms. The molecule has 0 saturated carbocycles. The Balaban J connectivity index is 2.51. The summed E-state index contributed by atoms with van der Waals surface area (Å²) in [6, 6.07) is 8.90. The second-order valence-electron chi connectivity index (χ2n) is 4.75. The van der Waals surface area contributed by atoms with Crippen molar-refractivity contribution >= 4 is 16.7 Å². The van der Waals surface area contributed by atoms with E-state index >= 15 is 0 Å². The third kappa shape index (κ3) is 1.82. The van der Waals surface area contributed by atoms with Gasteiger partial charge in [-0.05, 0) is 29.7 Å². The minimum absolute atomic E-state index is 0.630. The van der Waals surface area contributed by atoms with Gasteiger partial charge in [0, 0.05) is 10.8 Å². The first-order chi connectivity index (χ1) is 7.66. The molecule has 0 amide bonds. The number of rotatable bonds is 3. The zero-order valence-corrected chi connectivity index (χ0v) is 11.4. The van der Waals surface area contributed by atoms with E-state index < -0.39 is 0 Å². The lowest BCUT2D eigenvalue weighted by Gasteiger charge is -2.18. The van der Waals surface area contributed by atoms with Crippen molar-refractivity contribution in [1.82, 2.24) is 0 Å². The third-order valence-electron chi connectivity index (χ3n) is 3.32. The number of thioether (sulfide) groups is 1. The fourth-order valence-electron chi connectivity index (χ4n) is 2.76. The van der Waals surface area contributed by atoms with Gasteiger partial charge >= 0.3 is 0 Å². The first kappa shape index (κ1) is 11.8. The summed E-state index contributed by atoms with van der Waals surface area (Å²) >= 11 is 1.99. The summed E-state index contributed by atoms with van der Waals surface area (Å²) in [6.45, 7) is 9.19. The van der Waals surface area contributed by atoms with E-state index in [9.17, 15) is 0 Å². The Morgan fingerprint density at radius 3 is 2.56 bits per heavy atom. The average Bonchev–Trinajstić information content (AvgIpc) is 2.53. The van der Waals surface area contributed by atoms with E-state index in [1.54, 1.807) is 5.57 Å². The molecular weight excluding hydrogens is 212 g/mol. The summed E-state index contributed by atoms with van der Waals surface area (Å²) in [5, 5.41) is 0. The summed E-state index contributed by atoms with van der Waals surface area (Å²) in [4.78, 5) is 1.52. The van der Waals surface area contributed by atoms with Crippen LogP contribution in [0.4, 0.5) is 0 Å². The van der Waals surface area contributed by atoms with Gasteiger partial charge in [0.2, 0.25) is 0 Å². The standard InChI is InChI=1S/C15H20S/c1-5-16-15-11(4)14(10(2)3)12-8-6-7-9-13(12)15/h6-10,14H,5H2,1-4H3. The molecule has 0 fully saturated rings.